The Morgan fingerprint density at radius 3 is 2.83 bits per heavy atom. The summed E-state index contributed by atoms with van der Waals surface area (Å²) in [4.78, 5) is 0. The zero-order chi connectivity index (χ0) is 8.97. The van der Waals surface area contributed by atoms with Crippen LogP contribution in [0.3, 0.4) is 0 Å². The lowest BCUT2D eigenvalue weighted by Crippen LogP contribution is -1.96. The number of benzene rings is 1. The van der Waals surface area contributed by atoms with Gasteiger partial charge in [0.15, 0.2) is 0 Å². The average molecular weight is 168 g/mol. The molecule has 0 saturated carbocycles. The fourth-order valence-electron chi connectivity index (χ4n) is 1.15. The van der Waals surface area contributed by atoms with E-state index < -0.39 is 6.10 Å². The summed E-state index contributed by atoms with van der Waals surface area (Å²) in [6, 6.07) is 6.11. The molecule has 1 aromatic rings. The predicted octanol–water partition coefficient (Wildman–Crippen LogP) is 2.66. The zero-order valence-electron chi connectivity index (χ0n) is 7.13. The summed E-state index contributed by atoms with van der Waals surface area (Å²) in [6.45, 7) is 1.99. The summed E-state index contributed by atoms with van der Waals surface area (Å²) >= 11 is 0. The minimum absolute atomic E-state index is 0.289. The summed E-state index contributed by atoms with van der Waals surface area (Å²) in [7, 11) is 0. The van der Waals surface area contributed by atoms with E-state index in [0.717, 1.165) is 6.42 Å². The largest absolute Gasteiger partial charge is 0.388 e. The van der Waals surface area contributed by atoms with Gasteiger partial charge < -0.3 is 5.11 Å². The van der Waals surface area contributed by atoms with Gasteiger partial charge in [-0.05, 0) is 24.1 Å². The predicted molar refractivity (Wildman–Crippen MR) is 46.3 cm³/mol. The van der Waals surface area contributed by atoms with Gasteiger partial charge in [-0.25, -0.2) is 4.39 Å². The number of rotatable bonds is 3. The van der Waals surface area contributed by atoms with Crippen molar-refractivity contribution in [3.05, 3.63) is 35.6 Å². The first kappa shape index (κ1) is 9.20. The summed E-state index contributed by atoms with van der Waals surface area (Å²) in [5.74, 6) is -0.289. The minimum atomic E-state index is -0.523. The third kappa shape index (κ3) is 2.31. The van der Waals surface area contributed by atoms with Crippen molar-refractivity contribution in [3.63, 3.8) is 0 Å². The third-order valence-electron chi connectivity index (χ3n) is 1.80. The van der Waals surface area contributed by atoms with Crippen molar-refractivity contribution in [3.8, 4) is 0 Å². The van der Waals surface area contributed by atoms with Crippen molar-refractivity contribution in [2.24, 2.45) is 0 Å². The number of aliphatic hydroxyl groups excluding tert-OH is 1. The van der Waals surface area contributed by atoms with E-state index in [1.807, 2.05) is 6.92 Å². The monoisotopic (exact) mass is 168 g/mol. The highest BCUT2D eigenvalue weighted by Gasteiger charge is 2.05. The molecule has 0 aliphatic carbocycles. The van der Waals surface area contributed by atoms with E-state index in [2.05, 4.69) is 0 Å². The molecule has 1 rings (SSSR count). The Balaban J connectivity index is 2.73. The van der Waals surface area contributed by atoms with Crippen molar-refractivity contribution >= 4 is 0 Å². The third-order valence-corrected chi connectivity index (χ3v) is 1.80. The Labute approximate surface area is 71.9 Å². The van der Waals surface area contributed by atoms with Crippen LogP contribution in [-0.2, 0) is 0 Å². The number of hydrogen-bond acceptors (Lipinski definition) is 1. The second kappa shape index (κ2) is 4.21. The van der Waals surface area contributed by atoms with Gasteiger partial charge in [0.1, 0.15) is 5.82 Å². The SMILES string of the molecule is CCC[C@@H](O)c1cccc(F)c1. The van der Waals surface area contributed by atoms with Gasteiger partial charge in [-0.3, -0.25) is 0 Å². The van der Waals surface area contributed by atoms with E-state index in [1.54, 1.807) is 12.1 Å². The van der Waals surface area contributed by atoms with Crippen LogP contribution in [0.1, 0.15) is 31.4 Å². The van der Waals surface area contributed by atoms with Crippen LogP contribution in [0.25, 0.3) is 0 Å². The van der Waals surface area contributed by atoms with Crippen LogP contribution in [-0.4, -0.2) is 5.11 Å². The minimum Gasteiger partial charge on any atom is -0.388 e. The molecule has 0 aliphatic rings. The maximum atomic E-state index is 12.7. The van der Waals surface area contributed by atoms with Gasteiger partial charge in [0.05, 0.1) is 6.10 Å². The molecule has 0 aliphatic heterocycles. The highest BCUT2D eigenvalue weighted by atomic mass is 19.1. The molecule has 0 spiro atoms. The van der Waals surface area contributed by atoms with E-state index in [4.69, 9.17) is 0 Å². The summed E-state index contributed by atoms with van der Waals surface area (Å²) < 4.78 is 12.7. The van der Waals surface area contributed by atoms with Gasteiger partial charge in [-0.15, -0.1) is 0 Å². The van der Waals surface area contributed by atoms with E-state index in [-0.39, 0.29) is 5.82 Å². The van der Waals surface area contributed by atoms with Gasteiger partial charge in [0, 0.05) is 0 Å². The Morgan fingerprint density at radius 2 is 2.25 bits per heavy atom. The molecule has 0 saturated heterocycles. The Hall–Kier alpha value is -0.890. The van der Waals surface area contributed by atoms with Crippen LogP contribution in [0.2, 0.25) is 0 Å². The Bertz CT molecular complexity index is 247. The quantitative estimate of drug-likeness (QED) is 0.735. The van der Waals surface area contributed by atoms with E-state index >= 15 is 0 Å². The number of aliphatic hydroxyl groups is 1. The smallest absolute Gasteiger partial charge is 0.123 e. The number of hydrogen-bond donors (Lipinski definition) is 1. The van der Waals surface area contributed by atoms with Crippen molar-refractivity contribution in [1.82, 2.24) is 0 Å². The van der Waals surface area contributed by atoms with Gasteiger partial charge in [-0.1, -0.05) is 25.5 Å². The molecule has 66 valence electrons. The van der Waals surface area contributed by atoms with Crippen LogP contribution >= 0.6 is 0 Å². The second-order valence-electron chi connectivity index (χ2n) is 2.86. The topological polar surface area (TPSA) is 20.2 Å². The summed E-state index contributed by atoms with van der Waals surface area (Å²) in [5, 5.41) is 9.48. The van der Waals surface area contributed by atoms with Gasteiger partial charge >= 0.3 is 0 Å². The van der Waals surface area contributed by atoms with E-state index in [1.165, 1.54) is 12.1 Å². The standard InChI is InChI=1S/C10H13FO/c1-2-4-10(12)8-5-3-6-9(11)7-8/h3,5-7,10,12H,2,4H2,1H3/t10-/m1/s1. The first-order valence-electron chi connectivity index (χ1n) is 4.17. The van der Waals surface area contributed by atoms with Crippen LogP contribution in [0.5, 0.6) is 0 Å². The summed E-state index contributed by atoms with van der Waals surface area (Å²) in [6.07, 6.45) is 1.06. The highest BCUT2D eigenvalue weighted by molar-refractivity contribution is 5.18. The molecule has 0 bridgehead atoms. The fourth-order valence-corrected chi connectivity index (χ4v) is 1.15. The highest BCUT2D eigenvalue weighted by Crippen LogP contribution is 2.18. The molecular formula is C10H13FO. The molecule has 1 aromatic carbocycles. The molecule has 0 heterocycles. The van der Waals surface area contributed by atoms with Crippen molar-refractivity contribution in [2.45, 2.75) is 25.9 Å². The molecule has 0 fully saturated rings. The molecular weight excluding hydrogens is 155 g/mol. The Morgan fingerprint density at radius 1 is 1.50 bits per heavy atom. The molecule has 0 unspecified atom stereocenters. The zero-order valence-corrected chi connectivity index (χ0v) is 7.13. The molecule has 1 nitrogen and oxygen atoms in total. The van der Waals surface area contributed by atoms with Crippen LogP contribution in [0.4, 0.5) is 4.39 Å². The van der Waals surface area contributed by atoms with Crippen LogP contribution in [0, 0.1) is 5.82 Å². The molecule has 0 amide bonds. The first-order valence-corrected chi connectivity index (χ1v) is 4.17. The molecule has 1 N–H and O–H groups in total. The lowest BCUT2D eigenvalue weighted by Gasteiger charge is -2.08. The average Bonchev–Trinajstić information content (AvgIpc) is 2.05. The van der Waals surface area contributed by atoms with E-state index in [0.29, 0.717) is 12.0 Å². The normalized spacial score (nSPS) is 12.9. The second-order valence-corrected chi connectivity index (χ2v) is 2.86. The number of halogens is 1. The lowest BCUT2D eigenvalue weighted by molar-refractivity contribution is 0.166. The summed E-state index contributed by atoms with van der Waals surface area (Å²) in [5.41, 5.74) is 0.664. The van der Waals surface area contributed by atoms with Crippen molar-refractivity contribution < 1.29 is 9.50 Å². The van der Waals surface area contributed by atoms with E-state index in [9.17, 15) is 9.50 Å². The van der Waals surface area contributed by atoms with Crippen LogP contribution < -0.4 is 0 Å². The van der Waals surface area contributed by atoms with Gasteiger partial charge in [0.2, 0.25) is 0 Å². The molecule has 1 atom stereocenters. The van der Waals surface area contributed by atoms with Gasteiger partial charge in [0.25, 0.3) is 0 Å². The van der Waals surface area contributed by atoms with Crippen molar-refractivity contribution in [1.29, 1.82) is 0 Å². The Kier molecular flexibility index (Phi) is 3.23. The fraction of sp³-hybridized carbons (Fsp3) is 0.400. The van der Waals surface area contributed by atoms with Gasteiger partial charge in [-0.2, -0.15) is 0 Å². The molecule has 0 radical (unpaired) electrons. The lowest BCUT2D eigenvalue weighted by atomic mass is 10.1. The molecule has 2 heteroatoms. The first-order chi connectivity index (χ1) is 5.74. The maximum Gasteiger partial charge on any atom is 0.123 e. The van der Waals surface area contributed by atoms with Crippen LogP contribution in [0.15, 0.2) is 24.3 Å². The maximum absolute atomic E-state index is 12.7. The molecule has 0 aromatic heterocycles. The van der Waals surface area contributed by atoms with Crippen molar-refractivity contribution in [2.75, 3.05) is 0 Å². The molecule has 12 heavy (non-hydrogen) atoms.